The van der Waals surface area contributed by atoms with Crippen LogP contribution in [0.2, 0.25) is 0 Å². The predicted molar refractivity (Wildman–Crippen MR) is 48.1 cm³/mol. The summed E-state index contributed by atoms with van der Waals surface area (Å²) in [5.41, 5.74) is 1.90. The fourth-order valence-electron chi connectivity index (χ4n) is 0.803. The van der Waals surface area contributed by atoms with Crippen molar-refractivity contribution in [2.24, 2.45) is 0 Å². The van der Waals surface area contributed by atoms with Gasteiger partial charge in [0.05, 0.1) is 5.69 Å². The molecule has 0 saturated heterocycles. The molecule has 1 aromatic carbocycles. The minimum absolute atomic E-state index is 0.849. The van der Waals surface area contributed by atoms with Gasteiger partial charge in [-0.25, -0.2) is 0 Å². The second kappa shape index (κ2) is 3.40. The first kappa shape index (κ1) is 8.09. The van der Waals surface area contributed by atoms with Crippen LogP contribution in [0.1, 0.15) is 5.56 Å². The molecule has 0 aromatic heterocycles. The lowest BCUT2D eigenvalue weighted by Gasteiger charge is -2.03. The highest BCUT2D eigenvalue weighted by molar-refractivity contribution is 9.10. The molecule has 0 radical (unpaired) electrons. The Morgan fingerprint density at radius 2 is 2.27 bits per heavy atom. The molecule has 0 aliphatic carbocycles. The Labute approximate surface area is 74.0 Å². The second-order valence-corrected chi connectivity index (χ2v) is 3.00. The van der Waals surface area contributed by atoms with Crippen molar-refractivity contribution >= 4 is 21.6 Å². The molecule has 56 valence electrons. The van der Waals surface area contributed by atoms with Crippen LogP contribution in [-0.2, 0) is 0 Å². The molecule has 0 unspecified atom stereocenters. The summed E-state index contributed by atoms with van der Waals surface area (Å²) in [6, 6.07) is 5.69. The van der Waals surface area contributed by atoms with Crippen LogP contribution in [-0.4, -0.2) is 0 Å². The Morgan fingerprint density at radius 1 is 1.55 bits per heavy atom. The highest BCUT2D eigenvalue weighted by atomic mass is 79.9. The van der Waals surface area contributed by atoms with Crippen LogP contribution in [0.4, 0.5) is 5.69 Å². The lowest BCUT2D eigenvalue weighted by Crippen LogP contribution is -1.90. The monoisotopic (exact) mass is 210 g/mol. The fraction of sp³-hybridized carbons (Fsp3) is 0.125. The minimum atomic E-state index is 0.849. The number of hydrogen-bond acceptors (Lipinski definition) is 2. The van der Waals surface area contributed by atoms with Crippen molar-refractivity contribution in [3.8, 4) is 6.19 Å². The molecule has 0 spiro atoms. The zero-order valence-electron chi connectivity index (χ0n) is 6.06. The van der Waals surface area contributed by atoms with E-state index in [0.717, 1.165) is 15.7 Å². The smallest absolute Gasteiger partial charge is 0.181 e. The summed E-state index contributed by atoms with van der Waals surface area (Å²) in [7, 11) is 0. The van der Waals surface area contributed by atoms with Gasteiger partial charge in [0, 0.05) is 4.47 Å². The standard InChI is InChI=1S/C8H7BrN2/c1-6-7(9)3-2-4-8(6)11-5-10/h2-4,11H,1H3. The van der Waals surface area contributed by atoms with Crippen molar-refractivity contribution in [2.75, 3.05) is 5.32 Å². The molecule has 2 nitrogen and oxygen atoms in total. The van der Waals surface area contributed by atoms with Crippen LogP contribution < -0.4 is 5.32 Å². The molecule has 1 aromatic rings. The highest BCUT2D eigenvalue weighted by Gasteiger charge is 1.98. The van der Waals surface area contributed by atoms with Gasteiger partial charge in [0.25, 0.3) is 0 Å². The number of rotatable bonds is 1. The average molecular weight is 211 g/mol. The molecule has 0 atom stereocenters. The van der Waals surface area contributed by atoms with Crippen molar-refractivity contribution in [2.45, 2.75) is 6.92 Å². The van der Waals surface area contributed by atoms with E-state index < -0.39 is 0 Å². The van der Waals surface area contributed by atoms with Gasteiger partial charge in [-0.1, -0.05) is 22.0 Å². The molecular weight excluding hydrogens is 204 g/mol. The van der Waals surface area contributed by atoms with Gasteiger partial charge in [0.2, 0.25) is 0 Å². The molecule has 11 heavy (non-hydrogen) atoms. The van der Waals surface area contributed by atoms with E-state index in [4.69, 9.17) is 5.26 Å². The largest absolute Gasteiger partial charge is 0.293 e. The van der Waals surface area contributed by atoms with Crippen LogP contribution in [0.3, 0.4) is 0 Å². The van der Waals surface area contributed by atoms with Crippen molar-refractivity contribution in [3.05, 3.63) is 28.2 Å². The van der Waals surface area contributed by atoms with Crippen LogP contribution in [0, 0.1) is 18.4 Å². The summed E-state index contributed by atoms with van der Waals surface area (Å²) in [5, 5.41) is 11.0. The van der Waals surface area contributed by atoms with Gasteiger partial charge in [-0.15, -0.1) is 0 Å². The topological polar surface area (TPSA) is 35.8 Å². The Morgan fingerprint density at radius 3 is 2.91 bits per heavy atom. The maximum Gasteiger partial charge on any atom is 0.181 e. The van der Waals surface area contributed by atoms with Gasteiger partial charge in [-0.3, -0.25) is 5.32 Å². The van der Waals surface area contributed by atoms with E-state index in [1.165, 1.54) is 0 Å². The van der Waals surface area contributed by atoms with Gasteiger partial charge in [-0.2, -0.15) is 5.26 Å². The third-order valence-corrected chi connectivity index (χ3v) is 2.32. The molecule has 0 heterocycles. The van der Waals surface area contributed by atoms with Crippen molar-refractivity contribution in [1.29, 1.82) is 5.26 Å². The van der Waals surface area contributed by atoms with E-state index in [1.54, 1.807) is 0 Å². The summed E-state index contributed by atoms with van der Waals surface area (Å²) >= 11 is 3.37. The average Bonchev–Trinajstić information content (AvgIpc) is 1.99. The molecule has 3 heteroatoms. The van der Waals surface area contributed by atoms with E-state index in [0.29, 0.717) is 0 Å². The Bertz CT molecular complexity index is 301. The molecule has 1 rings (SSSR count). The molecule has 0 saturated carbocycles. The van der Waals surface area contributed by atoms with Crippen LogP contribution >= 0.6 is 15.9 Å². The van der Waals surface area contributed by atoms with Gasteiger partial charge < -0.3 is 0 Å². The summed E-state index contributed by atoms with van der Waals surface area (Å²) in [6.45, 7) is 1.95. The van der Waals surface area contributed by atoms with Crippen molar-refractivity contribution < 1.29 is 0 Å². The number of nitriles is 1. The quantitative estimate of drug-likeness (QED) is 0.572. The van der Waals surface area contributed by atoms with Crippen molar-refractivity contribution in [3.63, 3.8) is 0 Å². The lowest BCUT2D eigenvalue weighted by atomic mass is 10.2. The number of anilines is 1. The fourth-order valence-corrected chi connectivity index (χ4v) is 1.17. The van der Waals surface area contributed by atoms with E-state index in [2.05, 4.69) is 21.2 Å². The van der Waals surface area contributed by atoms with E-state index in [9.17, 15) is 0 Å². The first-order chi connectivity index (χ1) is 5.25. The third-order valence-electron chi connectivity index (χ3n) is 1.46. The summed E-state index contributed by atoms with van der Waals surface area (Å²) in [5.74, 6) is 0. The summed E-state index contributed by atoms with van der Waals surface area (Å²) in [4.78, 5) is 0. The van der Waals surface area contributed by atoms with Crippen molar-refractivity contribution in [1.82, 2.24) is 0 Å². The number of halogens is 1. The summed E-state index contributed by atoms with van der Waals surface area (Å²) < 4.78 is 1.01. The SMILES string of the molecule is Cc1c(Br)cccc1NC#N. The van der Waals surface area contributed by atoms with Crippen LogP contribution in [0.5, 0.6) is 0 Å². The normalized spacial score (nSPS) is 8.82. The molecule has 0 fully saturated rings. The van der Waals surface area contributed by atoms with Crippen LogP contribution in [0.25, 0.3) is 0 Å². The zero-order chi connectivity index (χ0) is 8.27. The Hall–Kier alpha value is -1.01. The lowest BCUT2D eigenvalue weighted by molar-refractivity contribution is 1.39. The van der Waals surface area contributed by atoms with Gasteiger partial charge in [0.15, 0.2) is 6.19 Å². The maximum absolute atomic E-state index is 8.36. The predicted octanol–water partition coefficient (Wildman–Crippen LogP) is 2.65. The summed E-state index contributed by atoms with van der Waals surface area (Å²) in [6.07, 6.45) is 1.88. The molecular formula is C8H7BrN2. The molecule has 0 aliphatic heterocycles. The number of hydrogen-bond donors (Lipinski definition) is 1. The van der Waals surface area contributed by atoms with E-state index in [1.807, 2.05) is 31.3 Å². The van der Waals surface area contributed by atoms with Gasteiger partial charge >= 0.3 is 0 Å². The molecule has 0 amide bonds. The first-order valence-corrected chi connectivity index (χ1v) is 3.95. The molecule has 1 N–H and O–H groups in total. The third kappa shape index (κ3) is 1.72. The number of nitrogens with one attached hydrogen (secondary N) is 1. The number of benzene rings is 1. The van der Waals surface area contributed by atoms with Crippen LogP contribution in [0.15, 0.2) is 22.7 Å². The highest BCUT2D eigenvalue weighted by Crippen LogP contribution is 2.22. The van der Waals surface area contributed by atoms with Gasteiger partial charge in [0.1, 0.15) is 0 Å². The number of nitrogens with zero attached hydrogens (tertiary/aromatic N) is 1. The Balaban J connectivity index is 3.08. The first-order valence-electron chi connectivity index (χ1n) is 3.16. The minimum Gasteiger partial charge on any atom is -0.293 e. The molecule has 0 bridgehead atoms. The zero-order valence-corrected chi connectivity index (χ0v) is 7.64. The van der Waals surface area contributed by atoms with Gasteiger partial charge in [-0.05, 0) is 24.6 Å². The second-order valence-electron chi connectivity index (χ2n) is 2.15. The molecule has 0 aliphatic rings. The maximum atomic E-state index is 8.36. The Kier molecular flexibility index (Phi) is 2.50. The van der Waals surface area contributed by atoms with E-state index in [-0.39, 0.29) is 0 Å². The van der Waals surface area contributed by atoms with E-state index >= 15 is 0 Å².